The minimum atomic E-state index is -0.371. The van der Waals surface area contributed by atoms with E-state index in [1.165, 1.54) is 0 Å². The summed E-state index contributed by atoms with van der Waals surface area (Å²) in [6.45, 7) is 8.87. The van der Waals surface area contributed by atoms with Crippen LogP contribution in [0.15, 0.2) is 45.6 Å². The Labute approximate surface area is 171 Å². The zero-order valence-corrected chi connectivity index (χ0v) is 17.3. The molecule has 0 aliphatic carbocycles. The van der Waals surface area contributed by atoms with Crippen molar-refractivity contribution in [1.82, 2.24) is 10.6 Å². The molecule has 0 fully saturated rings. The van der Waals surface area contributed by atoms with Gasteiger partial charge in [-0.3, -0.25) is 0 Å². The third kappa shape index (κ3) is 5.71. The molecule has 3 aromatic rings. The molecule has 29 heavy (non-hydrogen) atoms. The van der Waals surface area contributed by atoms with E-state index < -0.39 is 0 Å². The van der Waals surface area contributed by atoms with Crippen molar-refractivity contribution in [2.75, 3.05) is 39.4 Å². The van der Waals surface area contributed by atoms with E-state index in [-0.39, 0.29) is 5.63 Å². The van der Waals surface area contributed by atoms with E-state index in [1.807, 2.05) is 24.3 Å². The molecule has 0 bridgehead atoms. The Bertz CT molecular complexity index is 984. The van der Waals surface area contributed by atoms with Crippen molar-refractivity contribution in [3.8, 4) is 11.5 Å². The highest BCUT2D eigenvalue weighted by Gasteiger charge is 2.10. The normalized spacial score (nSPS) is 11.2. The fraction of sp³-hybridized carbons (Fsp3) is 0.435. The van der Waals surface area contributed by atoms with Crippen LogP contribution in [0.3, 0.4) is 0 Å². The van der Waals surface area contributed by atoms with Crippen LogP contribution in [-0.2, 0) is 0 Å². The van der Waals surface area contributed by atoms with Gasteiger partial charge in [0.25, 0.3) is 0 Å². The molecule has 1 aromatic heterocycles. The molecular weight excluding hydrogens is 368 g/mol. The Balaban J connectivity index is 1.74. The summed E-state index contributed by atoms with van der Waals surface area (Å²) in [6.07, 6.45) is 2.18. The summed E-state index contributed by atoms with van der Waals surface area (Å²) in [6, 6.07) is 11.2. The lowest BCUT2D eigenvalue weighted by atomic mass is 10.1. The van der Waals surface area contributed by atoms with Gasteiger partial charge in [-0.1, -0.05) is 13.8 Å². The molecule has 0 saturated carbocycles. The van der Waals surface area contributed by atoms with Crippen LogP contribution in [0.5, 0.6) is 11.5 Å². The van der Waals surface area contributed by atoms with Gasteiger partial charge in [0.05, 0.1) is 5.39 Å². The maximum Gasteiger partial charge on any atom is 0.344 e. The van der Waals surface area contributed by atoms with E-state index >= 15 is 0 Å². The van der Waals surface area contributed by atoms with Crippen LogP contribution in [0.4, 0.5) is 0 Å². The highest BCUT2D eigenvalue weighted by atomic mass is 16.5. The van der Waals surface area contributed by atoms with Crippen molar-refractivity contribution in [2.24, 2.45) is 0 Å². The Kier molecular flexibility index (Phi) is 7.90. The zero-order chi connectivity index (χ0) is 20.5. The molecule has 2 N–H and O–H groups in total. The molecule has 0 radical (unpaired) electrons. The number of benzene rings is 2. The maximum atomic E-state index is 12.5. The molecule has 0 atom stereocenters. The molecule has 2 aromatic carbocycles. The van der Waals surface area contributed by atoms with Gasteiger partial charge in [-0.25, -0.2) is 4.79 Å². The van der Waals surface area contributed by atoms with Crippen molar-refractivity contribution in [2.45, 2.75) is 26.7 Å². The summed E-state index contributed by atoms with van der Waals surface area (Å²) in [5.41, 5.74) is 0.155. The van der Waals surface area contributed by atoms with E-state index in [9.17, 15) is 4.79 Å². The predicted molar refractivity (Wildman–Crippen MR) is 117 cm³/mol. The molecule has 6 heteroatoms. The second-order valence-electron chi connectivity index (χ2n) is 6.95. The standard InChI is InChI=1S/C23H30N2O4/c1-3-9-24-11-13-27-17-5-7-19-20-8-6-18(28-14-12-25-10-4-2)16-22(20)29-23(26)21(19)15-17/h5-8,15-16,24-25H,3-4,9-14H2,1-2H3. The van der Waals surface area contributed by atoms with Gasteiger partial charge in [-0.15, -0.1) is 0 Å². The van der Waals surface area contributed by atoms with E-state index in [4.69, 9.17) is 13.9 Å². The van der Waals surface area contributed by atoms with Crippen molar-refractivity contribution >= 4 is 21.7 Å². The number of ether oxygens (including phenoxy) is 2. The van der Waals surface area contributed by atoms with Gasteiger partial charge < -0.3 is 24.5 Å². The van der Waals surface area contributed by atoms with E-state index in [2.05, 4.69) is 24.5 Å². The van der Waals surface area contributed by atoms with Crippen molar-refractivity contribution in [3.63, 3.8) is 0 Å². The van der Waals surface area contributed by atoms with Gasteiger partial charge in [0.15, 0.2) is 0 Å². The summed E-state index contributed by atoms with van der Waals surface area (Å²) in [7, 11) is 0. The minimum absolute atomic E-state index is 0.371. The molecule has 0 amide bonds. The molecule has 0 saturated heterocycles. The quantitative estimate of drug-likeness (QED) is 0.275. The Morgan fingerprint density at radius 1 is 0.759 bits per heavy atom. The van der Waals surface area contributed by atoms with Crippen LogP contribution in [0.25, 0.3) is 21.7 Å². The first-order valence-corrected chi connectivity index (χ1v) is 10.4. The molecule has 1 heterocycles. The summed E-state index contributed by atoms with van der Waals surface area (Å²) in [4.78, 5) is 12.5. The largest absolute Gasteiger partial charge is 0.492 e. The van der Waals surface area contributed by atoms with Crippen LogP contribution in [0, 0.1) is 0 Å². The number of rotatable bonds is 12. The molecule has 0 unspecified atom stereocenters. The average molecular weight is 399 g/mol. The first kappa shape index (κ1) is 21.1. The molecule has 0 aliphatic heterocycles. The van der Waals surface area contributed by atoms with Crippen LogP contribution in [0.2, 0.25) is 0 Å². The van der Waals surface area contributed by atoms with Crippen molar-refractivity contribution in [3.05, 3.63) is 46.8 Å². The summed E-state index contributed by atoms with van der Waals surface area (Å²) < 4.78 is 17.1. The second kappa shape index (κ2) is 10.8. The van der Waals surface area contributed by atoms with Crippen molar-refractivity contribution < 1.29 is 13.9 Å². The molecule has 156 valence electrons. The van der Waals surface area contributed by atoms with Crippen LogP contribution >= 0.6 is 0 Å². The van der Waals surface area contributed by atoms with Gasteiger partial charge in [-0.2, -0.15) is 0 Å². The van der Waals surface area contributed by atoms with E-state index in [0.29, 0.717) is 35.7 Å². The van der Waals surface area contributed by atoms with Crippen molar-refractivity contribution in [1.29, 1.82) is 0 Å². The lowest BCUT2D eigenvalue weighted by molar-refractivity contribution is 0.314. The third-order valence-corrected chi connectivity index (χ3v) is 4.61. The van der Waals surface area contributed by atoms with Crippen LogP contribution in [0.1, 0.15) is 26.7 Å². The monoisotopic (exact) mass is 398 g/mol. The SMILES string of the molecule is CCCNCCOc1ccc2c(c1)oc(=O)c1cc(OCCNCCC)ccc12. The molecule has 3 rings (SSSR count). The summed E-state index contributed by atoms with van der Waals surface area (Å²) >= 11 is 0. The third-order valence-electron chi connectivity index (χ3n) is 4.61. The van der Waals surface area contributed by atoms with Gasteiger partial charge in [-0.05, 0) is 56.3 Å². The first-order valence-electron chi connectivity index (χ1n) is 10.4. The molecule has 0 aliphatic rings. The zero-order valence-electron chi connectivity index (χ0n) is 17.3. The first-order chi connectivity index (χ1) is 14.2. The van der Waals surface area contributed by atoms with Gasteiger partial charge in [0.2, 0.25) is 0 Å². The van der Waals surface area contributed by atoms with Gasteiger partial charge >= 0.3 is 5.63 Å². The number of nitrogens with one attached hydrogen (secondary N) is 2. The Morgan fingerprint density at radius 2 is 1.34 bits per heavy atom. The van der Waals surface area contributed by atoms with Gasteiger partial charge in [0.1, 0.15) is 30.3 Å². The molecular formula is C23H30N2O4. The Morgan fingerprint density at radius 3 is 1.97 bits per heavy atom. The molecule has 0 spiro atoms. The minimum Gasteiger partial charge on any atom is -0.492 e. The Hall–Kier alpha value is -2.57. The highest BCUT2D eigenvalue weighted by Crippen LogP contribution is 2.28. The summed E-state index contributed by atoms with van der Waals surface area (Å²) in [5.74, 6) is 1.36. The van der Waals surface area contributed by atoms with Crippen LogP contribution < -0.4 is 25.7 Å². The predicted octanol–water partition coefficient (Wildman–Crippen LogP) is 3.70. The summed E-state index contributed by atoms with van der Waals surface area (Å²) in [5, 5.41) is 8.83. The van der Waals surface area contributed by atoms with E-state index in [0.717, 1.165) is 49.8 Å². The fourth-order valence-electron chi connectivity index (χ4n) is 3.16. The fourth-order valence-corrected chi connectivity index (χ4v) is 3.16. The lowest BCUT2D eigenvalue weighted by Gasteiger charge is -2.10. The second-order valence-corrected chi connectivity index (χ2v) is 6.95. The topological polar surface area (TPSA) is 72.7 Å². The smallest absolute Gasteiger partial charge is 0.344 e. The average Bonchev–Trinajstić information content (AvgIpc) is 2.73. The maximum absolute atomic E-state index is 12.5. The van der Waals surface area contributed by atoms with Crippen LogP contribution in [-0.4, -0.2) is 39.4 Å². The molecule has 6 nitrogen and oxygen atoms in total. The number of hydrogen-bond donors (Lipinski definition) is 2. The van der Waals surface area contributed by atoms with Gasteiger partial charge in [0, 0.05) is 29.9 Å². The highest BCUT2D eigenvalue weighted by molar-refractivity contribution is 6.04. The number of hydrogen-bond acceptors (Lipinski definition) is 6. The number of fused-ring (bicyclic) bond motifs is 3. The van der Waals surface area contributed by atoms with E-state index in [1.54, 1.807) is 12.1 Å². The lowest BCUT2D eigenvalue weighted by Crippen LogP contribution is -2.21.